The van der Waals surface area contributed by atoms with E-state index in [-0.39, 0.29) is 18.4 Å². The third-order valence-electron chi connectivity index (χ3n) is 3.11. The number of rotatable bonds is 7. The summed E-state index contributed by atoms with van der Waals surface area (Å²) < 4.78 is 36.2. The lowest BCUT2D eigenvalue weighted by Crippen LogP contribution is -2.20. The van der Waals surface area contributed by atoms with Crippen molar-refractivity contribution in [2.24, 2.45) is 0 Å². The molecule has 6 heteroatoms. The van der Waals surface area contributed by atoms with Crippen LogP contribution in [0, 0.1) is 0 Å². The van der Waals surface area contributed by atoms with Gasteiger partial charge in [-0.05, 0) is 37.5 Å². The number of carbonyl (C=O) groups excluding carboxylic acids is 1. The standard InChI is InChI=1S/C15H21F3N2O/c1-11(4-3-9-15(16,17)18)20-13-7-5-12(6-8-13)10-14(21)19-2/h5-8,11,20H,3-4,9-10H2,1-2H3,(H,19,21). The van der Waals surface area contributed by atoms with Gasteiger partial charge in [0.15, 0.2) is 0 Å². The van der Waals surface area contributed by atoms with Crippen LogP contribution in [0.25, 0.3) is 0 Å². The van der Waals surface area contributed by atoms with Crippen LogP contribution in [0.3, 0.4) is 0 Å². The van der Waals surface area contributed by atoms with Gasteiger partial charge in [-0.15, -0.1) is 0 Å². The van der Waals surface area contributed by atoms with Crippen molar-refractivity contribution in [1.82, 2.24) is 5.32 Å². The molecule has 1 atom stereocenters. The Balaban J connectivity index is 2.39. The fraction of sp³-hybridized carbons (Fsp3) is 0.533. The van der Waals surface area contributed by atoms with Gasteiger partial charge >= 0.3 is 6.18 Å². The van der Waals surface area contributed by atoms with Gasteiger partial charge in [0.2, 0.25) is 5.91 Å². The molecule has 118 valence electrons. The van der Waals surface area contributed by atoms with E-state index in [0.717, 1.165) is 11.3 Å². The van der Waals surface area contributed by atoms with Crippen molar-refractivity contribution in [2.45, 2.75) is 44.8 Å². The molecule has 0 aliphatic carbocycles. The summed E-state index contributed by atoms with van der Waals surface area (Å²) in [6, 6.07) is 7.30. The maximum Gasteiger partial charge on any atom is 0.389 e. The predicted octanol–water partition coefficient (Wildman–Crippen LogP) is 3.51. The van der Waals surface area contributed by atoms with Crippen LogP contribution in [0.1, 0.15) is 31.7 Å². The number of alkyl halides is 3. The van der Waals surface area contributed by atoms with Gasteiger partial charge in [0.25, 0.3) is 0 Å². The van der Waals surface area contributed by atoms with Crippen LogP contribution in [0.2, 0.25) is 0 Å². The summed E-state index contributed by atoms with van der Waals surface area (Å²) >= 11 is 0. The van der Waals surface area contributed by atoms with Crippen molar-refractivity contribution < 1.29 is 18.0 Å². The Bertz CT molecular complexity index is 443. The summed E-state index contributed by atoms with van der Waals surface area (Å²) in [7, 11) is 1.58. The minimum atomic E-state index is -4.08. The van der Waals surface area contributed by atoms with Crippen molar-refractivity contribution in [3.63, 3.8) is 0 Å². The lowest BCUT2D eigenvalue weighted by atomic mass is 10.1. The molecule has 3 nitrogen and oxygen atoms in total. The van der Waals surface area contributed by atoms with E-state index in [2.05, 4.69) is 10.6 Å². The third kappa shape index (κ3) is 7.58. The molecule has 0 heterocycles. The van der Waals surface area contributed by atoms with E-state index in [4.69, 9.17) is 0 Å². The lowest BCUT2D eigenvalue weighted by molar-refractivity contribution is -0.135. The topological polar surface area (TPSA) is 41.1 Å². The quantitative estimate of drug-likeness (QED) is 0.809. The molecule has 1 aromatic carbocycles. The van der Waals surface area contributed by atoms with Crippen LogP contribution in [0.15, 0.2) is 24.3 Å². The first-order chi connectivity index (χ1) is 9.80. The second-order valence-corrected chi connectivity index (χ2v) is 5.10. The largest absolute Gasteiger partial charge is 0.389 e. The molecule has 1 amide bonds. The second-order valence-electron chi connectivity index (χ2n) is 5.10. The average Bonchev–Trinajstić information content (AvgIpc) is 2.39. The molecule has 0 spiro atoms. The Hall–Kier alpha value is -1.72. The zero-order valence-corrected chi connectivity index (χ0v) is 12.3. The van der Waals surface area contributed by atoms with E-state index in [9.17, 15) is 18.0 Å². The molecule has 21 heavy (non-hydrogen) atoms. The van der Waals surface area contributed by atoms with Crippen LogP contribution in [0.5, 0.6) is 0 Å². The van der Waals surface area contributed by atoms with Crippen LogP contribution < -0.4 is 10.6 Å². The SMILES string of the molecule is CNC(=O)Cc1ccc(NC(C)CCCC(F)(F)F)cc1. The maximum absolute atomic E-state index is 12.1. The van der Waals surface area contributed by atoms with E-state index in [1.807, 2.05) is 31.2 Å². The summed E-state index contributed by atoms with van der Waals surface area (Å²) in [6.07, 6.45) is -3.94. The summed E-state index contributed by atoms with van der Waals surface area (Å²) in [4.78, 5) is 11.2. The van der Waals surface area contributed by atoms with Crippen molar-refractivity contribution in [1.29, 1.82) is 0 Å². The first-order valence-electron chi connectivity index (χ1n) is 6.93. The molecule has 1 unspecified atom stereocenters. The van der Waals surface area contributed by atoms with Crippen molar-refractivity contribution in [3.8, 4) is 0 Å². The molecule has 0 saturated heterocycles. The smallest absolute Gasteiger partial charge is 0.383 e. The minimum Gasteiger partial charge on any atom is -0.383 e. The zero-order valence-electron chi connectivity index (χ0n) is 12.3. The number of benzene rings is 1. The normalized spacial score (nSPS) is 12.8. The highest BCUT2D eigenvalue weighted by Gasteiger charge is 2.26. The predicted molar refractivity (Wildman–Crippen MR) is 77.2 cm³/mol. The van der Waals surface area contributed by atoms with Gasteiger partial charge in [-0.1, -0.05) is 12.1 Å². The summed E-state index contributed by atoms with van der Waals surface area (Å²) in [5, 5.41) is 5.70. The zero-order chi connectivity index (χ0) is 15.9. The average molecular weight is 302 g/mol. The Morgan fingerprint density at radius 2 is 1.86 bits per heavy atom. The molecule has 0 aliphatic rings. The van der Waals surface area contributed by atoms with E-state index in [0.29, 0.717) is 12.8 Å². The Kier molecular flexibility index (Phi) is 6.52. The number of likely N-dealkylation sites (N-methyl/N-ethyl adjacent to an activating group) is 1. The molecule has 0 aliphatic heterocycles. The molecule has 0 saturated carbocycles. The van der Waals surface area contributed by atoms with E-state index < -0.39 is 12.6 Å². The highest BCUT2D eigenvalue weighted by atomic mass is 19.4. The van der Waals surface area contributed by atoms with Gasteiger partial charge in [-0.25, -0.2) is 0 Å². The monoisotopic (exact) mass is 302 g/mol. The highest BCUT2D eigenvalue weighted by Crippen LogP contribution is 2.23. The molecule has 1 rings (SSSR count). The van der Waals surface area contributed by atoms with E-state index >= 15 is 0 Å². The molecule has 0 aromatic heterocycles. The number of hydrogen-bond acceptors (Lipinski definition) is 2. The first kappa shape index (κ1) is 17.3. The van der Waals surface area contributed by atoms with Gasteiger partial charge in [-0.2, -0.15) is 13.2 Å². The molecular formula is C15H21F3N2O. The molecule has 0 radical (unpaired) electrons. The van der Waals surface area contributed by atoms with Gasteiger partial charge in [0.05, 0.1) is 6.42 Å². The third-order valence-corrected chi connectivity index (χ3v) is 3.11. The summed E-state index contributed by atoms with van der Waals surface area (Å²) in [6.45, 7) is 1.86. The Morgan fingerprint density at radius 3 is 2.38 bits per heavy atom. The number of hydrogen-bond donors (Lipinski definition) is 2. The second kappa shape index (κ2) is 7.90. The summed E-state index contributed by atoms with van der Waals surface area (Å²) in [5.41, 5.74) is 1.74. The van der Waals surface area contributed by atoms with Crippen molar-refractivity contribution in [3.05, 3.63) is 29.8 Å². The van der Waals surface area contributed by atoms with Crippen LogP contribution >= 0.6 is 0 Å². The Labute approximate surface area is 122 Å². The fourth-order valence-electron chi connectivity index (χ4n) is 1.96. The van der Waals surface area contributed by atoms with Gasteiger partial charge < -0.3 is 10.6 Å². The van der Waals surface area contributed by atoms with Crippen LogP contribution in [-0.2, 0) is 11.2 Å². The Morgan fingerprint density at radius 1 is 1.24 bits per heavy atom. The van der Waals surface area contributed by atoms with Gasteiger partial charge in [0.1, 0.15) is 0 Å². The maximum atomic E-state index is 12.1. The number of amides is 1. The van der Waals surface area contributed by atoms with Gasteiger partial charge in [-0.3, -0.25) is 4.79 Å². The minimum absolute atomic E-state index is 0.0304. The first-order valence-corrected chi connectivity index (χ1v) is 6.93. The van der Waals surface area contributed by atoms with E-state index in [1.165, 1.54) is 0 Å². The number of halogens is 3. The van der Waals surface area contributed by atoms with Crippen molar-refractivity contribution >= 4 is 11.6 Å². The number of nitrogens with one attached hydrogen (secondary N) is 2. The fourth-order valence-corrected chi connectivity index (χ4v) is 1.96. The molecule has 1 aromatic rings. The molecule has 0 fully saturated rings. The van der Waals surface area contributed by atoms with E-state index in [1.54, 1.807) is 7.05 Å². The van der Waals surface area contributed by atoms with Crippen LogP contribution in [-0.4, -0.2) is 25.2 Å². The highest BCUT2D eigenvalue weighted by molar-refractivity contribution is 5.78. The summed E-state index contributed by atoms with van der Waals surface area (Å²) in [5.74, 6) is -0.0590. The molecule has 2 N–H and O–H groups in total. The molecule has 0 bridgehead atoms. The number of carbonyl (C=O) groups is 1. The van der Waals surface area contributed by atoms with Crippen molar-refractivity contribution in [2.75, 3.05) is 12.4 Å². The lowest BCUT2D eigenvalue weighted by Gasteiger charge is -2.16. The molecular weight excluding hydrogens is 281 g/mol. The van der Waals surface area contributed by atoms with Crippen LogP contribution in [0.4, 0.5) is 18.9 Å². The number of anilines is 1. The van der Waals surface area contributed by atoms with Gasteiger partial charge in [0, 0.05) is 25.2 Å².